The topological polar surface area (TPSA) is 69.0 Å². The molecule has 1 aromatic carbocycles. The van der Waals surface area contributed by atoms with Crippen molar-refractivity contribution in [3.8, 4) is 5.75 Å². The summed E-state index contributed by atoms with van der Waals surface area (Å²) < 4.78 is 15.4. The largest absolute Gasteiger partial charge is 0.497 e. The summed E-state index contributed by atoms with van der Waals surface area (Å²) in [5.74, 6) is -0.0831. The van der Waals surface area contributed by atoms with Crippen LogP contribution >= 0.6 is 11.3 Å². The predicted octanol–water partition coefficient (Wildman–Crippen LogP) is 4.17. The summed E-state index contributed by atoms with van der Waals surface area (Å²) in [5, 5.41) is 2.02. The average Bonchev–Trinajstić information content (AvgIpc) is 3.44. The van der Waals surface area contributed by atoms with E-state index in [-0.39, 0.29) is 24.3 Å². The van der Waals surface area contributed by atoms with Crippen LogP contribution in [0.1, 0.15) is 27.9 Å². The Balaban J connectivity index is 1.69. The molecule has 0 saturated heterocycles. The van der Waals surface area contributed by atoms with Crippen molar-refractivity contribution in [2.24, 2.45) is 0 Å². The highest BCUT2D eigenvalue weighted by Gasteiger charge is 2.23. The molecule has 0 fully saturated rings. The number of benzene rings is 1. The van der Waals surface area contributed by atoms with Crippen molar-refractivity contribution < 1.29 is 23.5 Å². The zero-order valence-corrected chi connectivity index (χ0v) is 17.2. The number of carbonyl (C=O) groups is 2. The van der Waals surface area contributed by atoms with Gasteiger partial charge in [-0.15, -0.1) is 11.3 Å². The third kappa shape index (κ3) is 5.71. The lowest BCUT2D eigenvalue weighted by Gasteiger charge is -2.29. The van der Waals surface area contributed by atoms with E-state index in [1.165, 1.54) is 17.2 Å². The first-order valence-corrected chi connectivity index (χ1v) is 10.1. The summed E-state index contributed by atoms with van der Waals surface area (Å²) >= 11 is 1.66. The van der Waals surface area contributed by atoms with Gasteiger partial charge in [0.2, 0.25) is 5.76 Å². The number of esters is 1. The minimum atomic E-state index is -0.654. The van der Waals surface area contributed by atoms with Crippen molar-refractivity contribution in [1.82, 2.24) is 4.90 Å². The molecule has 1 atom stereocenters. The summed E-state index contributed by atoms with van der Waals surface area (Å²) in [4.78, 5) is 27.8. The molecule has 3 rings (SSSR count). The Morgan fingerprint density at radius 3 is 2.55 bits per heavy atom. The minimum Gasteiger partial charge on any atom is -0.497 e. The van der Waals surface area contributed by atoms with Crippen molar-refractivity contribution in [2.45, 2.75) is 25.9 Å². The molecule has 0 aliphatic heterocycles. The van der Waals surface area contributed by atoms with E-state index >= 15 is 0 Å². The average molecular weight is 413 g/mol. The first kappa shape index (κ1) is 20.7. The zero-order chi connectivity index (χ0) is 20.6. The Hall–Kier alpha value is -3.06. The Labute approximate surface area is 173 Å². The van der Waals surface area contributed by atoms with E-state index in [4.69, 9.17) is 13.9 Å². The van der Waals surface area contributed by atoms with Crippen LogP contribution < -0.4 is 4.74 Å². The van der Waals surface area contributed by atoms with Gasteiger partial charge in [-0.2, -0.15) is 0 Å². The third-order valence-electron chi connectivity index (χ3n) is 4.49. The van der Waals surface area contributed by atoms with Crippen LogP contribution in [0, 0.1) is 0 Å². The molecule has 3 aromatic rings. The summed E-state index contributed by atoms with van der Waals surface area (Å²) in [6.45, 7) is 2.06. The highest BCUT2D eigenvalue weighted by Crippen LogP contribution is 2.19. The standard InChI is InChI=1S/C22H23NO5S/c1-16(13-19-5-4-12-29-19)23(14-17-7-9-18(26-2)10-8-17)21(24)15-28-22(25)20-6-3-11-27-20/h3-12,16H,13-15H2,1-2H3/t16-/m1/s1. The smallest absolute Gasteiger partial charge is 0.374 e. The number of hydrogen-bond donors (Lipinski definition) is 0. The maximum Gasteiger partial charge on any atom is 0.374 e. The van der Waals surface area contributed by atoms with Crippen LogP contribution in [0.5, 0.6) is 5.75 Å². The van der Waals surface area contributed by atoms with Crippen molar-refractivity contribution in [3.63, 3.8) is 0 Å². The van der Waals surface area contributed by atoms with Crippen molar-refractivity contribution in [2.75, 3.05) is 13.7 Å². The highest BCUT2D eigenvalue weighted by atomic mass is 32.1. The number of ether oxygens (including phenoxy) is 2. The van der Waals surface area contributed by atoms with Gasteiger partial charge in [-0.25, -0.2) is 4.79 Å². The highest BCUT2D eigenvalue weighted by molar-refractivity contribution is 7.09. The van der Waals surface area contributed by atoms with Crippen LogP contribution in [-0.2, 0) is 22.5 Å². The van der Waals surface area contributed by atoms with Gasteiger partial charge in [0.15, 0.2) is 6.61 Å². The van der Waals surface area contributed by atoms with Crippen LogP contribution in [0.2, 0.25) is 0 Å². The van der Waals surface area contributed by atoms with E-state index in [0.717, 1.165) is 17.7 Å². The fraction of sp³-hybridized carbons (Fsp3) is 0.273. The lowest BCUT2D eigenvalue weighted by molar-refractivity contribution is -0.137. The normalized spacial score (nSPS) is 11.7. The lowest BCUT2D eigenvalue weighted by atomic mass is 10.1. The van der Waals surface area contributed by atoms with Gasteiger partial charge in [-0.1, -0.05) is 18.2 Å². The van der Waals surface area contributed by atoms with E-state index in [0.29, 0.717) is 6.54 Å². The van der Waals surface area contributed by atoms with E-state index < -0.39 is 5.97 Å². The fourth-order valence-corrected chi connectivity index (χ4v) is 3.75. The summed E-state index contributed by atoms with van der Waals surface area (Å²) in [5.41, 5.74) is 0.967. The second-order valence-electron chi connectivity index (χ2n) is 6.56. The van der Waals surface area contributed by atoms with Crippen LogP contribution in [0.25, 0.3) is 0 Å². The molecule has 0 unspecified atom stereocenters. The predicted molar refractivity (Wildman–Crippen MR) is 110 cm³/mol. The molecular formula is C22H23NO5S. The van der Waals surface area contributed by atoms with Gasteiger partial charge in [0.05, 0.1) is 13.4 Å². The molecule has 0 spiro atoms. The summed E-state index contributed by atoms with van der Waals surface area (Å²) in [6, 6.07) is 14.6. The van der Waals surface area contributed by atoms with Gasteiger partial charge in [0.1, 0.15) is 5.75 Å². The minimum absolute atomic E-state index is 0.0643. The Morgan fingerprint density at radius 2 is 1.93 bits per heavy atom. The maximum atomic E-state index is 12.9. The first-order chi connectivity index (χ1) is 14.1. The molecule has 0 N–H and O–H groups in total. The SMILES string of the molecule is COc1ccc(CN(C(=O)COC(=O)c2ccco2)[C@H](C)Cc2cccs2)cc1. The molecule has 0 bridgehead atoms. The van der Waals surface area contributed by atoms with Gasteiger partial charge in [0, 0.05) is 23.9 Å². The molecule has 2 aromatic heterocycles. The van der Waals surface area contributed by atoms with Crippen LogP contribution in [0.3, 0.4) is 0 Å². The van der Waals surface area contributed by atoms with E-state index in [1.807, 2.05) is 48.7 Å². The Bertz CT molecular complexity index is 903. The lowest BCUT2D eigenvalue weighted by Crippen LogP contribution is -2.41. The molecule has 0 radical (unpaired) electrons. The number of thiophene rings is 1. The number of hydrogen-bond acceptors (Lipinski definition) is 6. The number of methoxy groups -OCH3 is 1. The second kappa shape index (κ2) is 9.93. The van der Waals surface area contributed by atoms with Crippen molar-refractivity contribution in [3.05, 3.63) is 76.4 Å². The molecule has 0 saturated carbocycles. The van der Waals surface area contributed by atoms with Gasteiger partial charge in [-0.05, 0) is 48.2 Å². The van der Waals surface area contributed by atoms with E-state index in [1.54, 1.807) is 29.4 Å². The number of amides is 1. The third-order valence-corrected chi connectivity index (χ3v) is 5.39. The van der Waals surface area contributed by atoms with Gasteiger partial charge in [0.25, 0.3) is 5.91 Å². The van der Waals surface area contributed by atoms with Gasteiger partial charge in [-0.3, -0.25) is 4.79 Å². The Morgan fingerprint density at radius 1 is 1.14 bits per heavy atom. The molecule has 0 aliphatic carbocycles. The van der Waals surface area contributed by atoms with Crippen LogP contribution in [-0.4, -0.2) is 36.5 Å². The van der Waals surface area contributed by atoms with Gasteiger partial charge < -0.3 is 18.8 Å². The molecule has 29 heavy (non-hydrogen) atoms. The first-order valence-electron chi connectivity index (χ1n) is 9.22. The monoisotopic (exact) mass is 413 g/mol. The van der Waals surface area contributed by atoms with Gasteiger partial charge >= 0.3 is 5.97 Å². The van der Waals surface area contributed by atoms with Crippen molar-refractivity contribution >= 4 is 23.2 Å². The molecule has 2 heterocycles. The summed E-state index contributed by atoms with van der Waals surface area (Å²) in [7, 11) is 1.61. The Kier molecular flexibility index (Phi) is 7.08. The number of nitrogens with zero attached hydrogens (tertiary/aromatic N) is 1. The molecule has 0 aliphatic rings. The quantitative estimate of drug-likeness (QED) is 0.493. The van der Waals surface area contributed by atoms with E-state index in [9.17, 15) is 9.59 Å². The molecule has 7 heteroatoms. The van der Waals surface area contributed by atoms with Crippen molar-refractivity contribution in [1.29, 1.82) is 0 Å². The number of furan rings is 1. The maximum absolute atomic E-state index is 12.9. The molecule has 152 valence electrons. The second-order valence-corrected chi connectivity index (χ2v) is 7.59. The van der Waals surface area contributed by atoms with Crippen LogP contribution in [0.15, 0.2) is 64.6 Å². The zero-order valence-electron chi connectivity index (χ0n) is 16.4. The van der Waals surface area contributed by atoms with Crippen LogP contribution in [0.4, 0.5) is 0 Å². The fourth-order valence-electron chi connectivity index (χ4n) is 2.92. The molecule has 6 nitrogen and oxygen atoms in total. The number of carbonyl (C=O) groups excluding carboxylic acids is 2. The number of rotatable bonds is 9. The van der Waals surface area contributed by atoms with E-state index in [2.05, 4.69) is 0 Å². The molecular weight excluding hydrogens is 390 g/mol. The molecule has 1 amide bonds. The summed E-state index contributed by atoms with van der Waals surface area (Å²) in [6.07, 6.45) is 2.11.